The van der Waals surface area contributed by atoms with E-state index in [1.54, 1.807) is 0 Å². The first-order valence-corrected chi connectivity index (χ1v) is 8.75. The van der Waals surface area contributed by atoms with Crippen LogP contribution in [0.3, 0.4) is 0 Å². The van der Waals surface area contributed by atoms with Gasteiger partial charge in [-0.05, 0) is 29.7 Å². The van der Waals surface area contributed by atoms with Crippen molar-refractivity contribution in [2.24, 2.45) is 0 Å². The van der Waals surface area contributed by atoms with E-state index in [1.807, 2.05) is 24.3 Å². The lowest BCUT2D eigenvalue weighted by atomic mass is 10.00. The van der Waals surface area contributed by atoms with Crippen molar-refractivity contribution in [1.82, 2.24) is 4.90 Å². The van der Waals surface area contributed by atoms with Crippen LogP contribution < -0.4 is 9.47 Å². The highest BCUT2D eigenvalue weighted by Crippen LogP contribution is 2.31. The lowest BCUT2D eigenvalue weighted by molar-refractivity contribution is -0.136. The Morgan fingerprint density at radius 1 is 1.08 bits per heavy atom. The normalized spacial score (nSPS) is 20.8. The zero-order valence-corrected chi connectivity index (χ0v) is 14.1. The van der Waals surface area contributed by atoms with Crippen molar-refractivity contribution in [2.75, 3.05) is 26.3 Å². The van der Waals surface area contributed by atoms with Crippen molar-refractivity contribution < 1.29 is 19.3 Å². The van der Waals surface area contributed by atoms with Crippen molar-refractivity contribution in [2.45, 2.75) is 25.4 Å². The smallest absolute Gasteiger partial charge is 0.234 e. The summed E-state index contributed by atoms with van der Waals surface area (Å²) in [6.45, 7) is 3.00. The molecule has 2 aromatic carbocycles. The largest absolute Gasteiger partial charge is 0.483 e. The number of nitrogens with zero attached hydrogens (tertiary/aromatic N) is 1. The summed E-state index contributed by atoms with van der Waals surface area (Å²) in [7, 11) is 0. The molecule has 5 heteroatoms. The number of rotatable bonds is 5. The van der Waals surface area contributed by atoms with Gasteiger partial charge in [0, 0.05) is 19.6 Å². The zero-order valence-electron chi connectivity index (χ0n) is 14.1. The Kier molecular flexibility index (Phi) is 4.88. The molecule has 2 aliphatic rings. The van der Waals surface area contributed by atoms with Crippen molar-refractivity contribution in [3.05, 3.63) is 59.7 Å². The summed E-state index contributed by atoms with van der Waals surface area (Å²) in [4.78, 5) is 2.27. The third-order valence-corrected chi connectivity index (χ3v) is 4.64. The highest BCUT2D eigenvalue weighted by atomic mass is 16.7. The first-order valence-electron chi connectivity index (χ1n) is 8.75. The molecular weight excluding hydrogens is 318 g/mol. The van der Waals surface area contributed by atoms with Gasteiger partial charge in [-0.3, -0.25) is 4.90 Å². The molecule has 132 valence electrons. The third-order valence-electron chi connectivity index (χ3n) is 4.64. The Labute approximate surface area is 147 Å². The summed E-state index contributed by atoms with van der Waals surface area (Å²) in [5.41, 5.74) is 2.76. The average molecular weight is 341 g/mol. The van der Waals surface area contributed by atoms with E-state index >= 15 is 0 Å². The molecule has 0 aliphatic carbocycles. The molecule has 0 spiro atoms. The first-order chi connectivity index (χ1) is 12.3. The van der Waals surface area contributed by atoms with Crippen molar-refractivity contribution in [3.8, 4) is 11.5 Å². The van der Waals surface area contributed by atoms with Crippen LogP contribution in [0.25, 0.3) is 0 Å². The van der Waals surface area contributed by atoms with Crippen molar-refractivity contribution in [1.29, 1.82) is 0 Å². The molecule has 0 saturated heterocycles. The van der Waals surface area contributed by atoms with E-state index in [4.69, 9.17) is 14.2 Å². The molecule has 2 atom stereocenters. The van der Waals surface area contributed by atoms with E-state index in [0.717, 1.165) is 25.3 Å². The summed E-state index contributed by atoms with van der Waals surface area (Å²) in [6.07, 6.45) is -0.00205. The zero-order chi connectivity index (χ0) is 17.1. The van der Waals surface area contributed by atoms with E-state index < -0.39 is 12.4 Å². The lowest BCUT2D eigenvalue weighted by Crippen LogP contribution is -2.40. The van der Waals surface area contributed by atoms with Gasteiger partial charge in [0.2, 0.25) is 6.29 Å². The summed E-state index contributed by atoms with van der Waals surface area (Å²) in [5.74, 6) is 1.41. The van der Waals surface area contributed by atoms with Gasteiger partial charge in [0.15, 0.2) is 18.1 Å². The fraction of sp³-hybridized carbons (Fsp3) is 0.400. The number of hydrogen-bond acceptors (Lipinski definition) is 5. The summed E-state index contributed by atoms with van der Waals surface area (Å²) in [5, 5.41) is 10.3. The van der Waals surface area contributed by atoms with Gasteiger partial charge in [-0.2, -0.15) is 0 Å². The van der Waals surface area contributed by atoms with Crippen LogP contribution in [-0.4, -0.2) is 48.7 Å². The molecule has 2 aromatic rings. The standard InChI is InChI=1S/C20H23NO4/c22-17(12-21-10-9-15-5-1-2-6-16(15)11-21)13-24-20-14-23-18-7-3-4-8-19(18)25-20/h1-8,17,20,22H,9-14H2. The molecule has 0 amide bonds. The molecule has 0 bridgehead atoms. The summed E-state index contributed by atoms with van der Waals surface area (Å²) < 4.78 is 17.1. The summed E-state index contributed by atoms with van der Waals surface area (Å²) >= 11 is 0. The van der Waals surface area contributed by atoms with Crippen LogP contribution in [0, 0.1) is 0 Å². The van der Waals surface area contributed by atoms with Crippen molar-refractivity contribution >= 4 is 0 Å². The minimum atomic E-state index is -0.550. The van der Waals surface area contributed by atoms with Crippen LogP contribution in [0.1, 0.15) is 11.1 Å². The van der Waals surface area contributed by atoms with Crippen LogP contribution in [0.4, 0.5) is 0 Å². The number of benzene rings is 2. The van der Waals surface area contributed by atoms with Gasteiger partial charge in [-0.25, -0.2) is 0 Å². The number of aliphatic hydroxyl groups is 1. The molecule has 2 aliphatic heterocycles. The van der Waals surface area contributed by atoms with E-state index in [-0.39, 0.29) is 6.61 Å². The number of fused-ring (bicyclic) bond motifs is 2. The van der Waals surface area contributed by atoms with Gasteiger partial charge in [0.1, 0.15) is 0 Å². The van der Waals surface area contributed by atoms with Crippen LogP contribution in [0.15, 0.2) is 48.5 Å². The molecular formula is C20H23NO4. The van der Waals surface area contributed by atoms with E-state index in [1.165, 1.54) is 11.1 Å². The molecule has 0 saturated carbocycles. The van der Waals surface area contributed by atoms with Crippen LogP contribution >= 0.6 is 0 Å². The molecule has 2 heterocycles. The minimum Gasteiger partial charge on any atom is -0.483 e. The molecule has 0 fully saturated rings. The Hall–Kier alpha value is -2.08. The van der Waals surface area contributed by atoms with Gasteiger partial charge < -0.3 is 19.3 Å². The maximum atomic E-state index is 10.3. The van der Waals surface area contributed by atoms with Crippen LogP contribution in [0.2, 0.25) is 0 Å². The second-order valence-electron chi connectivity index (χ2n) is 6.55. The van der Waals surface area contributed by atoms with E-state index in [9.17, 15) is 5.11 Å². The van der Waals surface area contributed by atoms with E-state index in [2.05, 4.69) is 29.2 Å². The van der Waals surface area contributed by atoms with Gasteiger partial charge in [-0.1, -0.05) is 36.4 Å². The number of hydrogen-bond donors (Lipinski definition) is 1. The maximum Gasteiger partial charge on any atom is 0.234 e. The quantitative estimate of drug-likeness (QED) is 0.904. The Morgan fingerprint density at radius 2 is 1.84 bits per heavy atom. The second kappa shape index (κ2) is 7.44. The third kappa shape index (κ3) is 3.95. The minimum absolute atomic E-state index is 0.230. The Balaban J connectivity index is 1.24. The lowest BCUT2D eigenvalue weighted by Gasteiger charge is -2.31. The second-order valence-corrected chi connectivity index (χ2v) is 6.55. The average Bonchev–Trinajstić information content (AvgIpc) is 2.66. The molecule has 5 nitrogen and oxygen atoms in total. The van der Waals surface area contributed by atoms with Crippen LogP contribution in [0.5, 0.6) is 11.5 Å². The van der Waals surface area contributed by atoms with Gasteiger partial charge >= 0.3 is 0 Å². The topological polar surface area (TPSA) is 51.2 Å². The number of ether oxygens (including phenoxy) is 3. The number of aliphatic hydroxyl groups excluding tert-OH is 1. The predicted octanol–water partition coefficient (Wildman–Crippen LogP) is 2.22. The number of β-amino-alcohol motifs (C(OH)–C–C–N with tert-alkyl or cyclic N) is 1. The highest BCUT2D eigenvalue weighted by Gasteiger charge is 2.23. The Bertz CT molecular complexity index is 720. The molecule has 0 radical (unpaired) electrons. The molecule has 25 heavy (non-hydrogen) atoms. The molecule has 0 aromatic heterocycles. The van der Waals surface area contributed by atoms with Gasteiger partial charge in [-0.15, -0.1) is 0 Å². The monoisotopic (exact) mass is 341 g/mol. The van der Waals surface area contributed by atoms with Gasteiger partial charge in [0.25, 0.3) is 0 Å². The predicted molar refractivity (Wildman–Crippen MR) is 93.7 cm³/mol. The first kappa shape index (κ1) is 16.4. The Morgan fingerprint density at radius 3 is 2.72 bits per heavy atom. The van der Waals surface area contributed by atoms with E-state index in [0.29, 0.717) is 18.9 Å². The molecule has 2 unspecified atom stereocenters. The van der Waals surface area contributed by atoms with Crippen LogP contribution in [-0.2, 0) is 17.7 Å². The van der Waals surface area contributed by atoms with Gasteiger partial charge in [0.05, 0.1) is 12.7 Å². The fourth-order valence-corrected chi connectivity index (χ4v) is 3.36. The highest BCUT2D eigenvalue weighted by molar-refractivity contribution is 5.40. The molecule has 4 rings (SSSR count). The number of para-hydroxylation sites is 2. The summed E-state index contributed by atoms with van der Waals surface area (Å²) in [6, 6.07) is 16.0. The maximum absolute atomic E-state index is 10.3. The van der Waals surface area contributed by atoms with Crippen molar-refractivity contribution in [3.63, 3.8) is 0 Å². The fourth-order valence-electron chi connectivity index (χ4n) is 3.36. The molecule has 1 N–H and O–H groups in total. The SMILES string of the molecule is OC(COC1COc2ccccc2O1)CN1CCc2ccccc2C1.